The molecule has 0 aliphatic heterocycles. The highest BCUT2D eigenvalue weighted by Gasteiger charge is 2.12. The fourth-order valence-corrected chi connectivity index (χ4v) is 2.89. The van der Waals surface area contributed by atoms with Gasteiger partial charge < -0.3 is 10.4 Å². The second kappa shape index (κ2) is 6.54. The summed E-state index contributed by atoms with van der Waals surface area (Å²) in [5.74, 6) is -0.978. The Kier molecular flexibility index (Phi) is 4.75. The predicted octanol–water partition coefficient (Wildman–Crippen LogP) is 3.89. The predicted molar refractivity (Wildman–Crippen MR) is 84.1 cm³/mol. The van der Waals surface area contributed by atoms with Gasteiger partial charge in [0.25, 0.3) is 5.91 Å². The summed E-state index contributed by atoms with van der Waals surface area (Å²) in [5, 5.41) is 13.5. The smallest absolute Gasteiger partial charge is 0.303 e. The summed E-state index contributed by atoms with van der Waals surface area (Å²) in [4.78, 5) is 23.5. The SMILES string of the molecule is Cc1ccsc1C(=O)Nc1ccc(C(C)CC(=O)O)cc1. The van der Waals surface area contributed by atoms with Crippen molar-refractivity contribution in [3.05, 3.63) is 51.7 Å². The third-order valence-electron chi connectivity index (χ3n) is 3.29. The van der Waals surface area contributed by atoms with E-state index in [0.717, 1.165) is 11.1 Å². The van der Waals surface area contributed by atoms with E-state index in [-0.39, 0.29) is 18.2 Å². The van der Waals surface area contributed by atoms with E-state index in [4.69, 9.17) is 5.11 Å². The molecule has 2 aromatic rings. The number of aryl methyl sites for hydroxylation is 1. The molecule has 21 heavy (non-hydrogen) atoms. The number of amides is 1. The number of carboxylic acids is 1. The van der Waals surface area contributed by atoms with Crippen LogP contribution in [0.3, 0.4) is 0 Å². The van der Waals surface area contributed by atoms with Gasteiger partial charge in [0.1, 0.15) is 0 Å². The molecule has 0 spiro atoms. The van der Waals surface area contributed by atoms with Gasteiger partial charge in [-0.25, -0.2) is 0 Å². The first kappa shape index (κ1) is 15.3. The monoisotopic (exact) mass is 303 g/mol. The first-order valence-corrected chi connectivity index (χ1v) is 7.52. The molecule has 1 amide bonds. The van der Waals surface area contributed by atoms with Gasteiger partial charge >= 0.3 is 5.97 Å². The zero-order chi connectivity index (χ0) is 15.4. The van der Waals surface area contributed by atoms with E-state index in [2.05, 4.69) is 5.32 Å². The molecule has 4 nitrogen and oxygen atoms in total. The summed E-state index contributed by atoms with van der Waals surface area (Å²) < 4.78 is 0. The van der Waals surface area contributed by atoms with Crippen molar-refractivity contribution in [1.29, 1.82) is 0 Å². The van der Waals surface area contributed by atoms with Crippen molar-refractivity contribution in [3.8, 4) is 0 Å². The van der Waals surface area contributed by atoms with Crippen molar-refractivity contribution in [1.82, 2.24) is 0 Å². The van der Waals surface area contributed by atoms with Crippen LogP contribution in [0.4, 0.5) is 5.69 Å². The summed E-state index contributed by atoms with van der Waals surface area (Å²) in [6.07, 6.45) is 0.0973. The number of carboxylic acid groups (broad SMARTS) is 1. The maximum Gasteiger partial charge on any atom is 0.303 e. The molecule has 2 rings (SSSR count). The van der Waals surface area contributed by atoms with Crippen LogP contribution in [0.1, 0.15) is 40.1 Å². The number of aliphatic carboxylic acids is 1. The molecular formula is C16H17NO3S. The molecule has 1 atom stereocenters. The van der Waals surface area contributed by atoms with Crippen molar-refractivity contribution < 1.29 is 14.7 Å². The average Bonchev–Trinajstić information content (AvgIpc) is 2.85. The van der Waals surface area contributed by atoms with Gasteiger partial charge in [-0.3, -0.25) is 9.59 Å². The van der Waals surface area contributed by atoms with E-state index < -0.39 is 5.97 Å². The number of rotatable bonds is 5. The van der Waals surface area contributed by atoms with Crippen LogP contribution < -0.4 is 5.32 Å². The second-order valence-corrected chi connectivity index (χ2v) is 5.92. The van der Waals surface area contributed by atoms with Gasteiger partial charge in [-0.15, -0.1) is 11.3 Å². The Morgan fingerprint density at radius 3 is 2.43 bits per heavy atom. The van der Waals surface area contributed by atoms with Gasteiger partial charge in [0, 0.05) is 5.69 Å². The third kappa shape index (κ3) is 3.92. The molecule has 0 aliphatic carbocycles. The van der Waals surface area contributed by atoms with Gasteiger partial charge in [-0.1, -0.05) is 19.1 Å². The highest BCUT2D eigenvalue weighted by Crippen LogP contribution is 2.22. The normalized spacial score (nSPS) is 11.9. The Labute approximate surface area is 127 Å². The number of thiophene rings is 1. The molecule has 1 unspecified atom stereocenters. The standard InChI is InChI=1S/C16H17NO3S/c1-10-7-8-21-15(10)16(20)17-13-5-3-12(4-6-13)11(2)9-14(18)19/h3-8,11H,9H2,1-2H3,(H,17,20)(H,18,19). The lowest BCUT2D eigenvalue weighted by atomic mass is 9.98. The van der Waals surface area contributed by atoms with Crippen LogP contribution >= 0.6 is 11.3 Å². The fourth-order valence-electron chi connectivity index (χ4n) is 2.07. The summed E-state index contributed by atoms with van der Waals surface area (Å²) in [5.41, 5.74) is 2.62. The summed E-state index contributed by atoms with van der Waals surface area (Å²) in [7, 11) is 0. The minimum atomic E-state index is -0.812. The molecule has 0 saturated heterocycles. The molecule has 1 aromatic carbocycles. The van der Waals surface area contributed by atoms with Crippen molar-refractivity contribution in [2.45, 2.75) is 26.2 Å². The van der Waals surface area contributed by atoms with E-state index in [1.54, 1.807) is 12.1 Å². The molecule has 5 heteroatoms. The lowest BCUT2D eigenvalue weighted by molar-refractivity contribution is -0.137. The van der Waals surface area contributed by atoms with Crippen LogP contribution in [0.15, 0.2) is 35.7 Å². The van der Waals surface area contributed by atoms with E-state index >= 15 is 0 Å². The van der Waals surface area contributed by atoms with E-state index in [1.165, 1.54) is 11.3 Å². The maximum absolute atomic E-state index is 12.1. The van der Waals surface area contributed by atoms with Crippen LogP contribution in [0.2, 0.25) is 0 Å². The number of anilines is 1. The average molecular weight is 303 g/mol. The van der Waals surface area contributed by atoms with E-state index in [9.17, 15) is 9.59 Å². The molecular weight excluding hydrogens is 286 g/mol. The Balaban J connectivity index is 2.04. The first-order chi connectivity index (χ1) is 9.97. The first-order valence-electron chi connectivity index (χ1n) is 6.64. The van der Waals surface area contributed by atoms with Gasteiger partial charge in [0.2, 0.25) is 0 Å². The lowest BCUT2D eigenvalue weighted by Crippen LogP contribution is -2.11. The van der Waals surface area contributed by atoms with E-state index in [1.807, 2.05) is 37.4 Å². The van der Waals surface area contributed by atoms with Crippen molar-refractivity contribution in [3.63, 3.8) is 0 Å². The molecule has 0 fully saturated rings. The highest BCUT2D eigenvalue weighted by atomic mass is 32.1. The zero-order valence-electron chi connectivity index (χ0n) is 11.9. The van der Waals surface area contributed by atoms with Crippen molar-refractivity contribution in [2.24, 2.45) is 0 Å². The Morgan fingerprint density at radius 2 is 1.90 bits per heavy atom. The fraction of sp³-hybridized carbons (Fsp3) is 0.250. The maximum atomic E-state index is 12.1. The molecule has 0 aliphatic rings. The number of carbonyl (C=O) groups excluding carboxylic acids is 1. The van der Waals surface area contributed by atoms with Gasteiger partial charge in [0.05, 0.1) is 11.3 Å². The van der Waals surface area contributed by atoms with Gasteiger partial charge in [-0.2, -0.15) is 0 Å². The minimum Gasteiger partial charge on any atom is -0.481 e. The minimum absolute atomic E-state index is 0.0493. The molecule has 1 heterocycles. The number of nitrogens with one attached hydrogen (secondary N) is 1. The Bertz CT molecular complexity index is 646. The number of hydrogen-bond acceptors (Lipinski definition) is 3. The quantitative estimate of drug-likeness (QED) is 0.880. The van der Waals surface area contributed by atoms with Crippen LogP contribution in [0, 0.1) is 6.92 Å². The largest absolute Gasteiger partial charge is 0.481 e. The molecule has 1 aromatic heterocycles. The molecule has 0 radical (unpaired) electrons. The number of carbonyl (C=O) groups is 2. The van der Waals surface area contributed by atoms with Crippen molar-refractivity contribution >= 4 is 28.9 Å². The third-order valence-corrected chi connectivity index (χ3v) is 4.30. The molecule has 2 N–H and O–H groups in total. The van der Waals surface area contributed by atoms with Crippen LogP contribution in [0.5, 0.6) is 0 Å². The van der Waals surface area contributed by atoms with Crippen LogP contribution in [-0.4, -0.2) is 17.0 Å². The topological polar surface area (TPSA) is 66.4 Å². The number of benzene rings is 1. The van der Waals surface area contributed by atoms with Gasteiger partial charge in [0.15, 0.2) is 0 Å². The zero-order valence-corrected chi connectivity index (χ0v) is 12.7. The lowest BCUT2D eigenvalue weighted by Gasteiger charge is -2.10. The van der Waals surface area contributed by atoms with Crippen LogP contribution in [-0.2, 0) is 4.79 Å². The van der Waals surface area contributed by atoms with Gasteiger partial charge in [-0.05, 0) is 47.5 Å². The Morgan fingerprint density at radius 1 is 1.24 bits per heavy atom. The highest BCUT2D eigenvalue weighted by molar-refractivity contribution is 7.12. The summed E-state index contributed by atoms with van der Waals surface area (Å²) in [6.45, 7) is 3.78. The summed E-state index contributed by atoms with van der Waals surface area (Å²) >= 11 is 1.41. The second-order valence-electron chi connectivity index (χ2n) is 5.01. The Hall–Kier alpha value is -2.14. The molecule has 0 bridgehead atoms. The van der Waals surface area contributed by atoms with Crippen LogP contribution in [0.25, 0.3) is 0 Å². The molecule has 0 saturated carbocycles. The number of hydrogen-bond donors (Lipinski definition) is 2. The summed E-state index contributed by atoms with van der Waals surface area (Å²) in [6, 6.07) is 9.22. The molecule has 110 valence electrons. The van der Waals surface area contributed by atoms with E-state index in [0.29, 0.717) is 10.6 Å². The van der Waals surface area contributed by atoms with Crippen molar-refractivity contribution in [2.75, 3.05) is 5.32 Å².